The Kier molecular flexibility index (Phi) is 3.91. The van der Waals surface area contributed by atoms with Crippen LogP contribution < -0.4 is 10.5 Å². The van der Waals surface area contributed by atoms with Gasteiger partial charge in [0.15, 0.2) is 0 Å². The van der Waals surface area contributed by atoms with Crippen molar-refractivity contribution in [1.82, 2.24) is 4.98 Å². The third-order valence-electron chi connectivity index (χ3n) is 3.20. The molecule has 0 amide bonds. The Morgan fingerprint density at radius 1 is 1.20 bits per heavy atom. The maximum Gasteiger partial charge on any atom is 0.131 e. The topological polar surface area (TPSA) is 48.1 Å². The van der Waals surface area contributed by atoms with Crippen molar-refractivity contribution in [3.05, 3.63) is 52.3 Å². The molecule has 106 valence electrons. The monoisotopic (exact) mass is 290 g/mol. The molecule has 0 saturated carbocycles. The first-order valence-electron chi connectivity index (χ1n) is 6.47. The van der Waals surface area contributed by atoms with Crippen LogP contribution in [0.4, 0.5) is 5.69 Å². The van der Waals surface area contributed by atoms with Crippen molar-refractivity contribution in [3.8, 4) is 5.75 Å². The molecule has 0 atom stereocenters. The molecule has 1 aromatic heterocycles. The number of nitrogens with zero attached hydrogens (tertiary/aromatic N) is 1. The van der Waals surface area contributed by atoms with Crippen LogP contribution in [0.3, 0.4) is 0 Å². The summed E-state index contributed by atoms with van der Waals surface area (Å²) in [4.78, 5) is 4.30. The Hall–Kier alpha value is -1.74. The maximum atomic E-state index is 6.31. The quantitative estimate of drug-likeness (QED) is 0.860. The van der Waals surface area contributed by atoms with Gasteiger partial charge in [0.2, 0.25) is 0 Å². The van der Waals surface area contributed by atoms with Crippen molar-refractivity contribution in [1.29, 1.82) is 0 Å². The molecule has 20 heavy (non-hydrogen) atoms. The first-order valence-corrected chi connectivity index (χ1v) is 6.85. The standard InChI is InChI=1S/C16H19ClN2O/c1-10-7-12(18)5-6-15(10)20-16(3,4)13-9-19-11(2)8-14(13)17/h5-9H,18H2,1-4H3. The Bertz CT molecular complexity index is 638. The third kappa shape index (κ3) is 3.05. The summed E-state index contributed by atoms with van der Waals surface area (Å²) in [6, 6.07) is 7.44. The SMILES string of the molecule is Cc1cc(Cl)c(C(C)(C)Oc2ccc(N)cc2C)cn1. The molecule has 1 heterocycles. The Labute approximate surface area is 124 Å². The van der Waals surface area contributed by atoms with Gasteiger partial charge in [-0.1, -0.05) is 11.6 Å². The van der Waals surface area contributed by atoms with E-state index in [4.69, 9.17) is 22.1 Å². The number of aromatic nitrogens is 1. The summed E-state index contributed by atoms with van der Waals surface area (Å²) in [5.74, 6) is 0.792. The number of rotatable bonds is 3. The molecular weight excluding hydrogens is 272 g/mol. The fourth-order valence-corrected chi connectivity index (χ4v) is 2.52. The molecule has 2 rings (SSSR count). The molecular formula is C16H19ClN2O. The molecule has 1 aromatic carbocycles. The van der Waals surface area contributed by atoms with Gasteiger partial charge in [-0.3, -0.25) is 4.98 Å². The zero-order valence-electron chi connectivity index (χ0n) is 12.2. The van der Waals surface area contributed by atoms with Crippen molar-refractivity contribution in [2.45, 2.75) is 33.3 Å². The third-order valence-corrected chi connectivity index (χ3v) is 3.52. The lowest BCUT2D eigenvalue weighted by molar-refractivity contribution is 0.107. The van der Waals surface area contributed by atoms with Crippen molar-refractivity contribution in [2.75, 3.05) is 5.73 Å². The van der Waals surface area contributed by atoms with E-state index < -0.39 is 5.60 Å². The summed E-state index contributed by atoms with van der Waals surface area (Å²) in [5, 5.41) is 0.663. The predicted octanol–water partition coefficient (Wildman–Crippen LogP) is 4.25. The van der Waals surface area contributed by atoms with E-state index in [2.05, 4.69) is 4.98 Å². The van der Waals surface area contributed by atoms with Gasteiger partial charge in [0, 0.05) is 23.1 Å². The van der Waals surface area contributed by atoms with Crippen LogP contribution in [-0.4, -0.2) is 4.98 Å². The zero-order valence-corrected chi connectivity index (χ0v) is 13.0. The lowest BCUT2D eigenvalue weighted by atomic mass is 9.99. The van der Waals surface area contributed by atoms with Gasteiger partial charge in [-0.05, 0) is 57.5 Å². The summed E-state index contributed by atoms with van der Waals surface area (Å²) in [7, 11) is 0. The fourth-order valence-electron chi connectivity index (χ4n) is 2.09. The molecule has 0 fully saturated rings. The minimum absolute atomic E-state index is 0.571. The van der Waals surface area contributed by atoms with Crippen LogP contribution >= 0.6 is 11.6 Å². The largest absolute Gasteiger partial charge is 0.483 e. The minimum Gasteiger partial charge on any atom is -0.483 e. The highest BCUT2D eigenvalue weighted by atomic mass is 35.5. The molecule has 2 N–H and O–H groups in total. The van der Waals surface area contributed by atoms with Gasteiger partial charge in [-0.25, -0.2) is 0 Å². The number of benzene rings is 1. The Morgan fingerprint density at radius 3 is 2.50 bits per heavy atom. The number of ether oxygens (including phenoxy) is 1. The van der Waals surface area contributed by atoms with E-state index in [9.17, 15) is 0 Å². The maximum absolute atomic E-state index is 6.31. The molecule has 0 aliphatic heterocycles. The van der Waals surface area contributed by atoms with Gasteiger partial charge in [-0.2, -0.15) is 0 Å². The van der Waals surface area contributed by atoms with Crippen LogP contribution in [0.1, 0.15) is 30.7 Å². The molecule has 0 aliphatic rings. The van der Waals surface area contributed by atoms with Gasteiger partial charge in [0.25, 0.3) is 0 Å². The van der Waals surface area contributed by atoms with Crippen LogP contribution in [-0.2, 0) is 5.60 Å². The number of hydrogen-bond acceptors (Lipinski definition) is 3. The number of nitrogens with two attached hydrogens (primary N) is 1. The van der Waals surface area contributed by atoms with E-state index in [0.717, 1.165) is 28.3 Å². The molecule has 0 bridgehead atoms. The van der Waals surface area contributed by atoms with Crippen molar-refractivity contribution < 1.29 is 4.74 Å². The van der Waals surface area contributed by atoms with Gasteiger partial charge >= 0.3 is 0 Å². The molecule has 0 saturated heterocycles. The predicted molar refractivity (Wildman–Crippen MR) is 83.2 cm³/mol. The highest BCUT2D eigenvalue weighted by molar-refractivity contribution is 6.31. The summed E-state index contributed by atoms with van der Waals surface area (Å²) < 4.78 is 6.11. The zero-order chi connectivity index (χ0) is 14.9. The molecule has 0 aliphatic carbocycles. The average molecular weight is 291 g/mol. The molecule has 3 nitrogen and oxygen atoms in total. The second-order valence-corrected chi connectivity index (χ2v) is 5.85. The molecule has 0 radical (unpaired) electrons. The highest BCUT2D eigenvalue weighted by Gasteiger charge is 2.26. The van der Waals surface area contributed by atoms with Crippen molar-refractivity contribution in [3.63, 3.8) is 0 Å². The molecule has 4 heteroatoms. The van der Waals surface area contributed by atoms with Crippen LogP contribution in [0.15, 0.2) is 30.5 Å². The second kappa shape index (κ2) is 5.33. The van der Waals surface area contributed by atoms with Crippen LogP contribution in [0, 0.1) is 13.8 Å². The number of pyridine rings is 1. The average Bonchev–Trinajstić information content (AvgIpc) is 2.32. The first-order chi connectivity index (χ1) is 9.29. The van der Waals surface area contributed by atoms with E-state index in [1.54, 1.807) is 6.20 Å². The number of anilines is 1. The number of aryl methyl sites for hydroxylation is 2. The van der Waals surface area contributed by atoms with E-state index >= 15 is 0 Å². The number of nitrogen functional groups attached to an aromatic ring is 1. The van der Waals surface area contributed by atoms with Gasteiger partial charge < -0.3 is 10.5 Å². The second-order valence-electron chi connectivity index (χ2n) is 5.44. The highest BCUT2D eigenvalue weighted by Crippen LogP contribution is 2.34. The summed E-state index contributed by atoms with van der Waals surface area (Å²) in [6.07, 6.45) is 1.77. The molecule has 0 spiro atoms. The lowest BCUT2D eigenvalue weighted by Crippen LogP contribution is -2.26. The van der Waals surface area contributed by atoms with Crippen LogP contribution in [0.25, 0.3) is 0 Å². The Morgan fingerprint density at radius 2 is 1.90 bits per heavy atom. The summed E-state index contributed by atoms with van der Waals surface area (Å²) >= 11 is 6.31. The van der Waals surface area contributed by atoms with Crippen LogP contribution in [0.5, 0.6) is 5.75 Å². The lowest BCUT2D eigenvalue weighted by Gasteiger charge is -2.28. The van der Waals surface area contributed by atoms with Gasteiger partial charge in [-0.15, -0.1) is 0 Å². The van der Waals surface area contributed by atoms with E-state index in [1.165, 1.54) is 0 Å². The Balaban J connectivity index is 2.35. The van der Waals surface area contributed by atoms with Crippen LogP contribution in [0.2, 0.25) is 5.02 Å². The van der Waals surface area contributed by atoms with Gasteiger partial charge in [0.05, 0.1) is 5.02 Å². The van der Waals surface area contributed by atoms with Crippen molar-refractivity contribution >= 4 is 17.3 Å². The molecule has 2 aromatic rings. The smallest absolute Gasteiger partial charge is 0.131 e. The minimum atomic E-state index is -0.571. The van der Waals surface area contributed by atoms with E-state index in [1.807, 2.05) is 52.0 Å². The normalized spacial score (nSPS) is 11.4. The number of halogens is 1. The van der Waals surface area contributed by atoms with Gasteiger partial charge in [0.1, 0.15) is 11.4 Å². The fraction of sp³-hybridized carbons (Fsp3) is 0.312. The summed E-state index contributed by atoms with van der Waals surface area (Å²) in [6.45, 7) is 7.83. The molecule has 0 unspecified atom stereocenters. The van der Waals surface area contributed by atoms with E-state index in [-0.39, 0.29) is 0 Å². The van der Waals surface area contributed by atoms with E-state index in [0.29, 0.717) is 5.02 Å². The first kappa shape index (κ1) is 14.7. The number of hydrogen-bond donors (Lipinski definition) is 1. The summed E-state index contributed by atoms with van der Waals surface area (Å²) in [5.41, 5.74) is 8.65. The van der Waals surface area contributed by atoms with Crippen molar-refractivity contribution in [2.24, 2.45) is 0 Å².